The van der Waals surface area contributed by atoms with Crippen molar-refractivity contribution < 1.29 is 14.4 Å². The van der Waals surface area contributed by atoms with Gasteiger partial charge in [0.25, 0.3) is 0 Å². The molecule has 1 saturated heterocycles. The molecule has 6 heteroatoms. The van der Waals surface area contributed by atoms with Gasteiger partial charge in [0.1, 0.15) is 0 Å². The third-order valence-corrected chi connectivity index (χ3v) is 5.69. The maximum absolute atomic E-state index is 12.5. The summed E-state index contributed by atoms with van der Waals surface area (Å²) >= 11 is 5.88. The number of likely N-dealkylation sites (tertiary alicyclic amines) is 1. The van der Waals surface area contributed by atoms with Crippen LogP contribution in [0.25, 0.3) is 0 Å². The number of piperidine rings is 1. The molecule has 0 aromatic heterocycles. The number of nitrogens with zero attached hydrogens (tertiary/aromatic N) is 1. The number of rotatable bonds is 7. The van der Waals surface area contributed by atoms with Gasteiger partial charge in [0.15, 0.2) is 5.78 Å². The molecule has 0 bridgehead atoms. The second-order valence-corrected chi connectivity index (χ2v) is 8.25. The number of ketones is 1. The number of hydrogen-bond acceptors (Lipinski definition) is 3. The summed E-state index contributed by atoms with van der Waals surface area (Å²) in [5.74, 6) is -0.0417. The first-order valence-electron chi connectivity index (χ1n) is 10.3. The molecule has 3 rings (SSSR count). The Kier molecular flexibility index (Phi) is 7.63. The summed E-state index contributed by atoms with van der Waals surface area (Å²) in [6.45, 7) is 3.22. The molecule has 1 aliphatic rings. The number of amides is 2. The Labute approximate surface area is 182 Å². The van der Waals surface area contributed by atoms with Crippen LogP contribution in [0.1, 0.15) is 47.2 Å². The maximum atomic E-state index is 12.5. The Morgan fingerprint density at radius 2 is 1.60 bits per heavy atom. The van der Waals surface area contributed by atoms with Gasteiger partial charge in [0, 0.05) is 42.6 Å². The van der Waals surface area contributed by atoms with Gasteiger partial charge in [-0.3, -0.25) is 14.4 Å². The van der Waals surface area contributed by atoms with E-state index in [-0.39, 0.29) is 36.5 Å². The summed E-state index contributed by atoms with van der Waals surface area (Å²) in [7, 11) is 0. The van der Waals surface area contributed by atoms with Crippen LogP contribution in [0.4, 0.5) is 0 Å². The lowest BCUT2D eigenvalue weighted by molar-refractivity contribution is -0.131. The SMILES string of the molecule is Cc1ccc(C(=O)CCC(=O)NC2CCN(C(=O)Cc3ccc(Cl)cc3)CC2)cc1. The van der Waals surface area contributed by atoms with Crippen LogP contribution < -0.4 is 5.32 Å². The van der Waals surface area contributed by atoms with Gasteiger partial charge in [-0.1, -0.05) is 53.6 Å². The van der Waals surface area contributed by atoms with Gasteiger partial charge in [-0.2, -0.15) is 0 Å². The largest absolute Gasteiger partial charge is 0.353 e. The minimum Gasteiger partial charge on any atom is -0.353 e. The maximum Gasteiger partial charge on any atom is 0.226 e. The Hall–Kier alpha value is -2.66. The number of hydrogen-bond donors (Lipinski definition) is 1. The smallest absolute Gasteiger partial charge is 0.226 e. The Morgan fingerprint density at radius 1 is 0.967 bits per heavy atom. The number of carbonyl (C=O) groups is 3. The van der Waals surface area contributed by atoms with Crippen molar-refractivity contribution in [3.63, 3.8) is 0 Å². The van der Waals surface area contributed by atoms with Crippen LogP contribution in [-0.2, 0) is 16.0 Å². The highest BCUT2D eigenvalue weighted by Gasteiger charge is 2.24. The molecule has 0 unspecified atom stereocenters. The lowest BCUT2D eigenvalue weighted by Crippen LogP contribution is -2.47. The van der Waals surface area contributed by atoms with E-state index in [9.17, 15) is 14.4 Å². The van der Waals surface area contributed by atoms with Gasteiger partial charge in [-0.15, -0.1) is 0 Å². The monoisotopic (exact) mass is 426 g/mol. The predicted octanol–water partition coefficient (Wildman–Crippen LogP) is 3.96. The highest BCUT2D eigenvalue weighted by molar-refractivity contribution is 6.30. The molecule has 1 heterocycles. The first-order chi connectivity index (χ1) is 14.4. The Bertz CT molecular complexity index is 886. The minimum absolute atomic E-state index is 0.0206. The molecule has 1 N–H and O–H groups in total. The van der Waals surface area contributed by atoms with Crippen LogP contribution in [0.2, 0.25) is 5.02 Å². The molecule has 0 atom stereocenters. The van der Waals surface area contributed by atoms with Crippen molar-refractivity contribution in [2.24, 2.45) is 0 Å². The molecule has 0 saturated carbocycles. The van der Waals surface area contributed by atoms with E-state index in [0.717, 1.165) is 24.0 Å². The average Bonchev–Trinajstić information content (AvgIpc) is 2.74. The third-order valence-electron chi connectivity index (χ3n) is 5.43. The second kappa shape index (κ2) is 10.4. The average molecular weight is 427 g/mol. The van der Waals surface area contributed by atoms with Gasteiger partial charge >= 0.3 is 0 Å². The molecule has 0 radical (unpaired) electrons. The first kappa shape index (κ1) is 22.0. The zero-order valence-corrected chi connectivity index (χ0v) is 18.0. The summed E-state index contributed by atoms with van der Waals surface area (Å²) < 4.78 is 0. The molecule has 1 fully saturated rings. The van der Waals surface area contributed by atoms with Crippen LogP contribution in [0.3, 0.4) is 0 Å². The Balaban J connectivity index is 1.38. The van der Waals surface area contributed by atoms with Crippen molar-refractivity contribution in [1.82, 2.24) is 10.2 Å². The van der Waals surface area contributed by atoms with E-state index in [0.29, 0.717) is 30.1 Å². The summed E-state index contributed by atoms with van der Waals surface area (Å²) in [6.07, 6.45) is 2.19. The van der Waals surface area contributed by atoms with Crippen molar-refractivity contribution in [2.45, 2.75) is 45.1 Å². The van der Waals surface area contributed by atoms with Crippen molar-refractivity contribution >= 4 is 29.2 Å². The van der Waals surface area contributed by atoms with E-state index in [1.807, 2.05) is 36.1 Å². The third kappa shape index (κ3) is 6.42. The number of aryl methyl sites for hydroxylation is 1. The number of carbonyl (C=O) groups excluding carboxylic acids is 3. The van der Waals surface area contributed by atoms with Crippen LogP contribution >= 0.6 is 11.6 Å². The molecule has 30 heavy (non-hydrogen) atoms. The number of halogens is 1. The van der Waals surface area contributed by atoms with Crippen LogP contribution in [0.15, 0.2) is 48.5 Å². The fourth-order valence-electron chi connectivity index (χ4n) is 3.57. The normalized spacial score (nSPS) is 14.4. The summed E-state index contributed by atoms with van der Waals surface area (Å²) in [6, 6.07) is 14.7. The molecule has 158 valence electrons. The summed E-state index contributed by atoms with van der Waals surface area (Å²) in [5, 5.41) is 3.66. The molecule has 0 aliphatic carbocycles. The van der Waals surface area contributed by atoms with Gasteiger partial charge in [-0.05, 0) is 37.5 Å². The van der Waals surface area contributed by atoms with E-state index >= 15 is 0 Å². The first-order valence-corrected chi connectivity index (χ1v) is 10.7. The fourth-order valence-corrected chi connectivity index (χ4v) is 3.70. The minimum atomic E-state index is -0.110. The molecule has 0 spiro atoms. The zero-order valence-electron chi connectivity index (χ0n) is 17.2. The number of Topliss-reactive ketones (excluding diaryl/α,β-unsaturated/α-hetero) is 1. The van der Waals surface area contributed by atoms with Gasteiger partial charge < -0.3 is 10.2 Å². The van der Waals surface area contributed by atoms with Gasteiger partial charge in [0.05, 0.1) is 6.42 Å². The quantitative estimate of drug-likeness (QED) is 0.681. The fraction of sp³-hybridized carbons (Fsp3) is 0.375. The zero-order chi connectivity index (χ0) is 21.5. The number of benzene rings is 2. The molecule has 1 aliphatic heterocycles. The highest BCUT2D eigenvalue weighted by atomic mass is 35.5. The van der Waals surface area contributed by atoms with Gasteiger partial charge in [0.2, 0.25) is 11.8 Å². The van der Waals surface area contributed by atoms with Crippen LogP contribution in [0, 0.1) is 6.92 Å². The van der Waals surface area contributed by atoms with E-state index in [1.165, 1.54) is 0 Å². The number of nitrogens with one attached hydrogen (secondary N) is 1. The second-order valence-electron chi connectivity index (χ2n) is 7.82. The van der Waals surface area contributed by atoms with Crippen molar-refractivity contribution in [1.29, 1.82) is 0 Å². The summed E-state index contributed by atoms with van der Waals surface area (Å²) in [5.41, 5.74) is 2.68. The topological polar surface area (TPSA) is 66.5 Å². The van der Waals surface area contributed by atoms with Crippen molar-refractivity contribution in [3.05, 3.63) is 70.2 Å². The van der Waals surface area contributed by atoms with E-state index in [1.54, 1.807) is 24.3 Å². The van der Waals surface area contributed by atoms with E-state index < -0.39 is 0 Å². The molecule has 2 aromatic carbocycles. The molecule has 5 nitrogen and oxygen atoms in total. The van der Waals surface area contributed by atoms with Crippen molar-refractivity contribution in [3.8, 4) is 0 Å². The molecular formula is C24H27ClN2O3. The van der Waals surface area contributed by atoms with E-state index in [2.05, 4.69) is 5.32 Å². The van der Waals surface area contributed by atoms with Crippen molar-refractivity contribution in [2.75, 3.05) is 13.1 Å². The summed E-state index contributed by atoms with van der Waals surface area (Å²) in [4.78, 5) is 38.8. The molecule has 2 aromatic rings. The van der Waals surface area contributed by atoms with Crippen LogP contribution in [-0.4, -0.2) is 41.6 Å². The van der Waals surface area contributed by atoms with Gasteiger partial charge in [-0.25, -0.2) is 0 Å². The predicted molar refractivity (Wildman–Crippen MR) is 118 cm³/mol. The molecular weight excluding hydrogens is 400 g/mol. The molecule has 2 amide bonds. The van der Waals surface area contributed by atoms with E-state index in [4.69, 9.17) is 11.6 Å². The Morgan fingerprint density at radius 3 is 2.23 bits per heavy atom. The standard InChI is InChI=1S/C24H27ClN2O3/c1-17-2-6-19(7-3-17)22(28)10-11-23(29)26-21-12-14-27(15-13-21)24(30)16-18-4-8-20(25)9-5-18/h2-9,21H,10-16H2,1H3,(H,26,29). The van der Waals surface area contributed by atoms with Crippen LogP contribution in [0.5, 0.6) is 0 Å². The lowest BCUT2D eigenvalue weighted by Gasteiger charge is -2.32. The highest BCUT2D eigenvalue weighted by Crippen LogP contribution is 2.15. The lowest BCUT2D eigenvalue weighted by atomic mass is 10.0.